The molecule has 6 N–H and O–H groups in total. The van der Waals surface area contributed by atoms with Crippen LogP contribution in [0.25, 0.3) is 0 Å². The van der Waals surface area contributed by atoms with E-state index in [1.54, 1.807) is 0 Å². The Bertz CT molecular complexity index is 825. The molecule has 1 aliphatic rings. The van der Waals surface area contributed by atoms with Crippen molar-refractivity contribution < 1.29 is 24.3 Å². The predicted octanol–water partition coefficient (Wildman–Crippen LogP) is 0.0268. The number of nitrogens with one attached hydrogen (secondary N) is 3. The van der Waals surface area contributed by atoms with E-state index in [0.29, 0.717) is 31.5 Å². The van der Waals surface area contributed by atoms with Gasteiger partial charge in [0.15, 0.2) is 0 Å². The number of nitrogens with zero attached hydrogens (tertiary/aromatic N) is 2. The van der Waals surface area contributed by atoms with E-state index in [2.05, 4.69) is 20.6 Å². The van der Waals surface area contributed by atoms with Gasteiger partial charge in [-0.25, -0.2) is 9.78 Å². The van der Waals surface area contributed by atoms with E-state index in [4.69, 9.17) is 5.73 Å². The summed E-state index contributed by atoms with van der Waals surface area (Å²) >= 11 is 0. The molecular formula is C22H36N6O5. The van der Waals surface area contributed by atoms with Gasteiger partial charge in [0.1, 0.15) is 18.1 Å². The van der Waals surface area contributed by atoms with E-state index in [1.807, 2.05) is 27.7 Å². The Balaban J connectivity index is 2.10. The summed E-state index contributed by atoms with van der Waals surface area (Å²) in [4.78, 5) is 58.6. The Morgan fingerprint density at radius 3 is 2.45 bits per heavy atom. The number of carboxylic acid groups (broad SMARTS) is 1. The summed E-state index contributed by atoms with van der Waals surface area (Å²) in [5.74, 6) is -2.49. The first-order chi connectivity index (χ1) is 15.5. The number of H-pyrrole nitrogens is 1. The van der Waals surface area contributed by atoms with Crippen LogP contribution in [0, 0.1) is 11.8 Å². The molecule has 0 bridgehead atoms. The first-order valence-corrected chi connectivity index (χ1v) is 11.4. The molecule has 0 radical (unpaired) electrons. The second-order valence-corrected chi connectivity index (χ2v) is 9.33. The second-order valence-electron chi connectivity index (χ2n) is 9.33. The molecule has 33 heavy (non-hydrogen) atoms. The van der Waals surface area contributed by atoms with Gasteiger partial charge < -0.3 is 31.4 Å². The smallest absolute Gasteiger partial charge is 0.326 e. The van der Waals surface area contributed by atoms with Crippen LogP contribution in [-0.4, -0.2) is 74.4 Å². The van der Waals surface area contributed by atoms with Crippen molar-refractivity contribution in [2.24, 2.45) is 17.6 Å². The summed E-state index contributed by atoms with van der Waals surface area (Å²) in [5, 5.41) is 14.8. The second kappa shape index (κ2) is 11.8. The molecule has 1 aromatic heterocycles. The van der Waals surface area contributed by atoms with Gasteiger partial charge in [-0.05, 0) is 31.1 Å². The summed E-state index contributed by atoms with van der Waals surface area (Å²) in [5.41, 5.74) is 6.57. The predicted molar refractivity (Wildman–Crippen MR) is 121 cm³/mol. The monoisotopic (exact) mass is 464 g/mol. The number of nitrogens with two attached hydrogens (primary N) is 1. The van der Waals surface area contributed by atoms with E-state index >= 15 is 0 Å². The fourth-order valence-corrected chi connectivity index (χ4v) is 3.84. The number of carbonyl (C=O) groups excluding carboxylic acids is 3. The maximum absolute atomic E-state index is 13.1. The SMILES string of the molecule is CC(C)CC(NC(=O)C1CCCN1C(=O)C(N)C(C)C)C(=O)NC(Cc1cnc[nH]1)C(=O)O. The number of carboxylic acids is 1. The number of aromatic amines is 1. The van der Waals surface area contributed by atoms with Crippen molar-refractivity contribution in [3.63, 3.8) is 0 Å². The molecule has 184 valence electrons. The number of aromatic nitrogens is 2. The lowest BCUT2D eigenvalue weighted by atomic mass is 10.0. The molecule has 0 aromatic carbocycles. The molecule has 0 spiro atoms. The van der Waals surface area contributed by atoms with Crippen molar-refractivity contribution in [2.75, 3.05) is 6.54 Å². The Kier molecular flexibility index (Phi) is 9.39. The summed E-state index contributed by atoms with van der Waals surface area (Å²) in [7, 11) is 0. The topological polar surface area (TPSA) is 171 Å². The van der Waals surface area contributed by atoms with Gasteiger partial charge in [-0.3, -0.25) is 14.4 Å². The van der Waals surface area contributed by atoms with Crippen LogP contribution < -0.4 is 16.4 Å². The van der Waals surface area contributed by atoms with Crippen molar-refractivity contribution in [3.8, 4) is 0 Å². The molecule has 4 unspecified atom stereocenters. The molecule has 0 saturated carbocycles. The van der Waals surface area contributed by atoms with Crippen molar-refractivity contribution >= 4 is 23.7 Å². The van der Waals surface area contributed by atoms with Crippen LogP contribution in [0.4, 0.5) is 0 Å². The maximum atomic E-state index is 13.1. The van der Waals surface area contributed by atoms with Crippen molar-refractivity contribution in [1.29, 1.82) is 0 Å². The Morgan fingerprint density at radius 2 is 1.91 bits per heavy atom. The first kappa shape index (κ1) is 26.3. The van der Waals surface area contributed by atoms with E-state index < -0.39 is 42.0 Å². The van der Waals surface area contributed by atoms with Crippen LogP contribution in [0.5, 0.6) is 0 Å². The normalized spacial score (nSPS) is 18.8. The number of hydrogen-bond donors (Lipinski definition) is 5. The minimum absolute atomic E-state index is 0.0292. The van der Waals surface area contributed by atoms with Crippen LogP contribution >= 0.6 is 0 Å². The summed E-state index contributed by atoms with van der Waals surface area (Å²) in [6, 6.07) is -3.52. The van der Waals surface area contributed by atoms with Crippen molar-refractivity contribution in [1.82, 2.24) is 25.5 Å². The highest BCUT2D eigenvalue weighted by Gasteiger charge is 2.38. The third-order valence-corrected chi connectivity index (χ3v) is 5.78. The summed E-state index contributed by atoms with van der Waals surface area (Å²) in [6.45, 7) is 7.93. The average molecular weight is 465 g/mol. The fraction of sp³-hybridized carbons (Fsp3) is 0.682. The maximum Gasteiger partial charge on any atom is 0.326 e. The fourth-order valence-electron chi connectivity index (χ4n) is 3.84. The van der Waals surface area contributed by atoms with Gasteiger partial charge in [-0.1, -0.05) is 27.7 Å². The Hall–Kier alpha value is -2.95. The van der Waals surface area contributed by atoms with Crippen LogP contribution in [0.2, 0.25) is 0 Å². The van der Waals surface area contributed by atoms with E-state index in [-0.39, 0.29) is 24.2 Å². The zero-order chi connectivity index (χ0) is 24.7. The highest BCUT2D eigenvalue weighted by molar-refractivity contribution is 5.94. The zero-order valence-corrected chi connectivity index (χ0v) is 19.7. The van der Waals surface area contributed by atoms with Crippen LogP contribution in [0.15, 0.2) is 12.5 Å². The largest absolute Gasteiger partial charge is 0.480 e. The highest BCUT2D eigenvalue weighted by Crippen LogP contribution is 2.20. The van der Waals surface area contributed by atoms with Gasteiger partial charge in [0.25, 0.3) is 0 Å². The van der Waals surface area contributed by atoms with Gasteiger partial charge in [0.05, 0.1) is 12.4 Å². The van der Waals surface area contributed by atoms with Crippen LogP contribution in [-0.2, 0) is 25.6 Å². The van der Waals surface area contributed by atoms with Crippen LogP contribution in [0.1, 0.15) is 52.7 Å². The molecule has 1 aliphatic heterocycles. The van der Waals surface area contributed by atoms with E-state index in [9.17, 15) is 24.3 Å². The lowest BCUT2D eigenvalue weighted by molar-refractivity contribution is -0.143. The highest BCUT2D eigenvalue weighted by atomic mass is 16.4. The minimum Gasteiger partial charge on any atom is -0.480 e. The van der Waals surface area contributed by atoms with Gasteiger partial charge in [0.2, 0.25) is 17.7 Å². The first-order valence-electron chi connectivity index (χ1n) is 11.4. The molecular weight excluding hydrogens is 428 g/mol. The van der Waals surface area contributed by atoms with Crippen molar-refractivity contribution in [3.05, 3.63) is 18.2 Å². The van der Waals surface area contributed by atoms with E-state index in [1.165, 1.54) is 17.4 Å². The Morgan fingerprint density at radius 1 is 1.21 bits per heavy atom. The third kappa shape index (κ3) is 7.28. The van der Waals surface area contributed by atoms with Gasteiger partial charge in [-0.15, -0.1) is 0 Å². The molecule has 4 atom stereocenters. The molecule has 11 nitrogen and oxygen atoms in total. The summed E-state index contributed by atoms with van der Waals surface area (Å²) < 4.78 is 0. The number of amides is 3. The molecule has 11 heteroatoms. The average Bonchev–Trinajstić information content (AvgIpc) is 3.43. The molecule has 1 saturated heterocycles. The standard InChI is InChI=1S/C22H36N6O5/c1-12(2)8-15(19(29)27-16(22(32)33)9-14-10-24-11-25-14)26-20(30)17-6-5-7-28(17)21(31)18(23)13(3)4/h10-13,15-18H,5-9,23H2,1-4H3,(H,24,25)(H,26,30)(H,27,29)(H,32,33). The van der Waals surface area contributed by atoms with Gasteiger partial charge in [0, 0.05) is 24.9 Å². The summed E-state index contributed by atoms with van der Waals surface area (Å²) in [6.07, 6.45) is 4.42. The number of hydrogen-bond acceptors (Lipinski definition) is 6. The van der Waals surface area contributed by atoms with Crippen LogP contribution in [0.3, 0.4) is 0 Å². The molecule has 1 fully saturated rings. The quantitative estimate of drug-likeness (QED) is 0.307. The number of aliphatic carboxylic acids is 1. The minimum atomic E-state index is -1.19. The number of imidazole rings is 1. The third-order valence-electron chi connectivity index (χ3n) is 5.78. The number of carbonyl (C=O) groups is 4. The van der Waals surface area contributed by atoms with Gasteiger partial charge in [-0.2, -0.15) is 0 Å². The van der Waals surface area contributed by atoms with E-state index in [0.717, 1.165) is 0 Å². The van der Waals surface area contributed by atoms with Gasteiger partial charge >= 0.3 is 5.97 Å². The molecule has 0 aliphatic carbocycles. The van der Waals surface area contributed by atoms with Crippen molar-refractivity contribution in [2.45, 2.75) is 77.5 Å². The molecule has 2 heterocycles. The lowest BCUT2D eigenvalue weighted by Gasteiger charge is -2.30. The molecule has 1 aromatic rings. The Labute approximate surface area is 193 Å². The molecule has 2 rings (SSSR count). The zero-order valence-electron chi connectivity index (χ0n) is 19.7. The number of likely N-dealkylation sites (tertiary alicyclic amines) is 1. The molecule has 3 amide bonds. The number of rotatable bonds is 11. The lowest BCUT2D eigenvalue weighted by Crippen LogP contribution is -2.57.